The molecule has 2 aliphatic rings. The van der Waals surface area contributed by atoms with E-state index in [1.165, 1.54) is 4.90 Å². The normalized spacial score (nSPS) is 20.9. The van der Waals surface area contributed by atoms with Crippen LogP contribution in [0.25, 0.3) is 0 Å². The van der Waals surface area contributed by atoms with Crippen LogP contribution >= 0.6 is 0 Å². The number of hydrogen-bond acceptors (Lipinski definition) is 7. The SMILES string of the molecule is CCn1ncnc1CN1C[C@@H]2NC(=O)CN(C)C(=O)c3ccc(C)c(c3)Oc3cccc(c3)CO[C@H]2C1. The van der Waals surface area contributed by atoms with Crippen LogP contribution in [-0.4, -0.2) is 75.2 Å². The van der Waals surface area contributed by atoms with E-state index in [0.29, 0.717) is 43.3 Å². The van der Waals surface area contributed by atoms with Gasteiger partial charge >= 0.3 is 0 Å². The van der Waals surface area contributed by atoms with E-state index in [4.69, 9.17) is 9.47 Å². The number of fused-ring (bicyclic) bond motifs is 5. The third-order valence-electron chi connectivity index (χ3n) is 6.80. The number of carbonyl (C=O) groups is 2. The lowest BCUT2D eigenvalue weighted by atomic mass is 10.1. The summed E-state index contributed by atoms with van der Waals surface area (Å²) in [6.45, 7) is 6.87. The van der Waals surface area contributed by atoms with Crippen LogP contribution in [0, 0.1) is 6.92 Å². The van der Waals surface area contributed by atoms with Crippen molar-refractivity contribution in [3.63, 3.8) is 0 Å². The van der Waals surface area contributed by atoms with Crippen LogP contribution in [0.4, 0.5) is 0 Å². The zero-order valence-electron chi connectivity index (χ0n) is 21.4. The Kier molecular flexibility index (Phi) is 7.20. The van der Waals surface area contributed by atoms with Gasteiger partial charge in [0.1, 0.15) is 23.7 Å². The Morgan fingerprint density at radius 1 is 1.14 bits per heavy atom. The first-order valence-corrected chi connectivity index (χ1v) is 12.5. The van der Waals surface area contributed by atoms with Gasteiger partial charge in [-0.2, -0.15) is 5.10 Å². The molecule has 3 aromatic rings. The molecule has 3 heterocycles. The second-order valence-electron chi connectivity index (χ2n) is 9.60. The van der Waals surface area contributed by atoms with E-state index in [1.807, 2.05) is 48.9 Å². The van der Waals surface area contributed by atoms with Gasteiger partial charge in [0.05, 0.1) is 31.8 Å². The monoisotopic (exact) mass is 504 g/mol. The first-order valence-electron chi connectivity index (χ1n) is 12.5. The molecule has 2 aliphatic heterocycles. The predicted molar refractivity (Wildman–Crippen MR) is 136 cm³/mol. The number of ether oxygens (including phenoxy) is 2. The maximum atomic E-state index is 13.1. The van der Waals surface area contributed by atoms with Gasteiger partial charge in [0.15, 0.2) is 0 Å². The summed E-state index contributed by atoms with van der Waals surface area (Å²) in [5.41, 5.74) is 2.34. The summed E-state index contributed by atoms with van der Waals surface area (Å²) in [6, 6.07) is 12.8. The van der Waals surface area contributed by atoms with Crippen molar-refractivity contribution in [2.75, 3.05) is 26.7 Å². The van der Waals surface area contributed by atoms with Gasteiger partial charge in [-0.3, -0.25) is 14.5 Å². The van der Waals surface area contributed by atoms with Crippen molar-refractivity contribution in [1.82, 2.24) is 29.9 Å². The first kappa shape index (κ1) is 24.9. The van der Waals surface area contributed by atoms with Gasteiger partial charge in [-0.15, -0.1) is 0 Å². The molecule has 0 radical (unpaired) electrons. The van der Waals surface area contributed by atoms with Gasteiger partial charge in [0.2, 0.25) is 5.91 Å². The number of rotatable bonds is 3. The van der Waals surface area contributed by atoms with E-state index in [9.17, 15) is 9.59 Å². The Balaban J connectivity index is 1.40. The van der Waals surface area contributed by atoms with Crippen molar-refractivity contribution >= 4 is 11.8 Å². The van der Waals surface area contributed by atoms with Gasteiger partial charge in [-0.25, -0.2) is 9.67 Å². The van der Waals surface area contributed by atoms with Crippen molar-refractivity contribution in [2.24, 2.45) is 0 Å². The lowest BCUT2D eigenvalue weighted by Gasteiger charge is -2.23. The molecule has 5 rings (SSSR count). The fourth-order valence-electron chi connectivity index (χ4n) is 4.80. The Morgan fingerprint density at radius 2 is 2.00 bits per heavy atom. The highest BCUT2D eigenvalue weighted by Crippen LogP contribution is 2.28. The Morgan fingerprint density at radius 3 is 2.84 bits per heavy atom. The zero-order chi connectivity index (χ0) is 25.9. The number of aromatic nitrogens is 3. The van der Waals surface area contributed by atoms with Crippen LogP contribution in [0.2, 0.25) is 0 Å². The Hall–Kier alpha value is -3.76. The quantitative estimate of drug-likeness (QED) is 0.584. The lowest BCUT2D eigenvalue weighted by molar-refractivity contribution is -0.123. The van der Waals surface area contributed by atoms with Crippen LogP contribution < -0.4 is 10.1 Å². The number of likely N-dealkylation sites (N-methyl/N-ethyl adjacent to an activating group) is 1. The molecule has 2 aromatic carbocycles. The largest absolute Gasteiger partial charge is 0.457 e. The predicted octanol–water partition coefficient (Wildman–Crippen LogP) is 2.37. The molecule has 1 aromatic heterocycles. The lowest BCUT2D eigenvalue weighted by Crippen LogP contribution is -2.48. The minimum absolute atomic E-state index is 0.0602. The van der Waals surface area contributed by atoms with Crippen molar-refractivity contribution in [3.05, 3.63) is 71.3 Å². The van der Waals surface area contributed by atoms with Gasteiger partial charge < -0.3 is 19.7 Å². The number of benzene rings is 2. The van der Waals surface area contributed by atoms with Gasteiger partial charge in [-0.05, 0) is 49.2 Å². The summed E-state index contributed by atoms with van der Waals surface area (Å²) in [5, 5.41) is 7.37. The molecular weight excluding hydrogens is 472 g/mol. The van der Waals surface area contributed by atoms with Gasteiger partial charge in [-0.1, -0.05) is 18.2 Å². The Labute approximate surface area is 216 Å². The number of hydrogen-bond donors (Lipinski definition) is 1. The molecule has 2 amide bonds. The third-order valence-corrected chi connectivity index (χ3v) is 6.80. The summed E-state index contributed by atoms with van der Waals surface area (Å²) < 4.78 is 14.4. The molecule has 10 nitrogen and oxygen atoms in total. The summed E-state index contributed by atoms with van der Waals surface area (Å²) in [7, 11) is 1.63. The number of amides is 2. The highest BCUT2D eigenvalue weighted by Gasteiger charge is 2.35. The minimum atomic E-state index is -0.249. The van der Waals surface area contributed by atoms with Crippen LogP contribution in [0.5, 0.6) is 11.5 Å². The third kappa shape index (κ3) is 5.65. The topological polar surface area (TPSA) is 102 Å². The van der Waals surface area contributed by atoms with Crippen LogP contribution in [0.3, 0.4) is 0 Å². The standard InChI is InChI=1S/C27H32N6O4/c1-4-33-25(28-17-29-33)14-32-12-22-24(13-32)36-16-19-6-5-7-21(10-19)37-23-11-20(9-8-18(23)2)27(35)31(3)15-26(34)30-22/h5-11,17,22,24H,4,12-16H2,1-3H3,(H,30,34)/t22-,24-/m0/s1. The minimum Gasteiger partial charge on any atom is -0.457 e. The highest BCUT2D eigenvalue weighted by atomic mass is 16.5. The van der Waals surface area contributed by atoms with E-state index in [1.54, 1.807) is 25.5 Å². The summed E-state index contributed by atoms with van der Waals surface area (Å²) in [4.78, 5) is 34.1. The van der Waals surface area contributed by atoms with Crippen LogP contribution in [-0.2, 0) is 29.2 Å². The average Bonchev–Trinajstić information content (AvgIpc) is 3.49. The van der Waals surface area contributed by atoms with E-state index < -0.39 is 0 Å². The molecule has 1 saturated heterocycles. The molecule has 194 valence electrons. The first-order chi connectivity index (χ1) is 17.9. The summed E-state index contributed by atoms with van der Waals surface area (Å²) in [5.74, 6) is 1.66. The number of nitrogens with one attached hydrogen (secondary N) is 1. The molecule has 0 unspecified atom stereocenters. The summed E-state index contributed by atoms with van der Waals surface area (Å²) >= 11 is 0. The second kappa shape index (κ2) is 10.7. The average molecular weight is 505 g/mol. The molecule has 0 saturated carbocycles. The fourth-order valence-corrected chi connectivity index (χ4v) is 4.80. The molecule has 37 heavy (non-hydrogen) atoms. The van der Waals surface area contributed by atoms with Gasteiger partial charge in [0, 0.05) is 32.2 Å². The Bertz CT molecular complexity index is 1290. The summed E-state index contributed by atoms with van der Waals surface area (Å²) in [6.07, 6.45) is 1.34. The molecule has 1 fully saturated rings. The van der Waals surface area contributed by atoms with Crippen molar-refractivity contribution in [1.29, 1.82) is 0 Å². The van der Waals surface area contributed by atoms with Crippen LogP contribution in [0.1, 0.15) is 34.2 Å². The maximum Gasteiger partial charge on any atom is 0.254 e. The molecule has 2 atom stereocenters. The van der Waals surface area contributed by atoms with E-state index in [-0.39, 0.29) is 30.5 Å². The molecule has 4 bridgehead atoms. The smallest absolute Gasteiger partial charge is 0.254 e. The number of likely N-dealkylation sites (tertiary alicyclic amines) is 1. The van der Waals surface area contributed by atoms with E-state index >= 15 is 0 Å². The zero-order valence-corrected chi connectivity index (χ0v) is 21.4. The molecule has 0 spiro atoms. The number of aryl methyl sites for hydroxylation is 2. The molecular formula is C27H32N6O4. The molecule has 10 heteroatoms. The molecule has 0 aliphatic carbocycles. The second-order valence-corrected chi connectivity index (χ2v) is 9.60. The van der Waals surface area contributed by atoms with Gasteiger partial charge in [0.25, 0.3) is 5.91 Å². The van der Waals surface area contributed by atoms with E-state index in [0.717, 1.165) is 23.5 Å². The van der Waals surface area contributed by atoms with Crippen molar-refractivity contribution in [2.45, 2.75) is 45.7 Å². The number of carbonyl (C=O) groups excluding carboxylic acids is 2. The number of nitrogens with zero attached hydrogens (tertiary/aromatic N) is 5. The van der Waals surface area contributed by atoms with Crippen molar-refractivity contribution < 1.29 is 19.1 Å². The fraction of sp³-hybridized carbons (Fsp3) is 0.407. The van der Waals surface area contributed by atoms with Crippen molar-refractivity contribution in [3.8, 4) is 11.5 Å². The highest BCUT2D eigenvalue weighted by molar-refractivity contribution is 5.96. The van der Waals surface area contributed by atoms with E-state index in [2.05, 4.69) is 20.3 Å². The maximum absolute atomic E-state index is 13.1. The molecule has 1 N–H and O–H groups in total. The van der Waals surface area contributed by atoms with Crippen LogP contribution in [0.15, 0.2) is 48.8 Å².